The summed E-state index contributed by atoms with van der Waals surface area (Å²) in [5.41, 5.74) is 0. The van der Waals surface area contributed by atoms with Crippen molar-refractivity contribution in [3.8, 4) is 0 Å². The van der Waals surface area contributed by atoms with Crippen LogP contribution in [-0.2, 0) is 19.1 Å². The monoisotopic (exact) mass is 358 g/mol. The molecule has 0 radical (unpaired) electrons. The normalized spacial score (nSPS) is 13.6. The van der Waals surface area contributed by atoms with Crippen molar-refractivity contribution in [3.05, 3.63) is 12.2 Å². The molecule has 1 N–H and O–H groups in total. The molecule has 0 bridgehead atoms. The van der Waals surface area contributed by atoms with E-state index >= 15 is 0 Å². The maximum Gasteiger partial charge on any atom is 0.333 e. The van der Waals surface area contributed by atoms with E-state index in [1.165, 1.54) is 6.92 Å². The third-order valence-corrected chi connectivity index (χ3v) is 2.75. The van der Waals surface area contributed by atoms with Crippen LogP contribution in [0.1, 0.15) is 20.3 Å². The molecule has 0 fully saturated rings. The van der Waals surface area contributed by atoms with Gasteiger partial charge in [0.2, 0.25) is 3.42 Å². The first kappa shape index (κ1) is 15.6. The lowest BCUT2D eigenvalue weighted by Crippen LogP contribution is -2.19. The third kappa shape index (κ3) is 7.84. The van der Waals surface area contributed by atoms with E-state index < -0.39 is 21.6 Å². The zero-order valence-electron chi connectivity index (χ0n) is 8.78. The van der Waals surface area contributed by atoms with E-state index in [4.69, 9.17) is 9.84 Å². The number of hydrogen-bond acceptors (Lipinski definition) is 5. The number of esters is 2. The van der Waals surface area contributed by atoms with Crippen molar-refractivity contribution in [1.82, 2.24) is 0 Å². The second kappa shape index (κ2) is 7.03. The number of halogens is 2. The highest BCUT2D eigenvalue weighted by atomic mass is 79.9. The Hall–Kier alpha value is -0.400. The van der Waals surface area contributed by atoms with Gasteiger partial charge in [0.05, 0.1) is 0 Å². The van der Waals surface area contributed by atoms with Crippen LogP contribution in [0.25, 0.3) is 0 Å². The number of aliphatic hydroxyl groups is 1. The van der Waals surface area contributed by atoms with Crippen LogP contribution in [0.15, 0.2) is 12.2 Å². The molecule has 0 aliphatic carbocycles. The smallest absolute Gasteiger partial charge is 0.333 e. The summed E-state index contributed by atoms with van der Waals surface area (Å²) in [5.74, 6) is -1.53. The molecule has 7 heteroatoms. The Morgan fingerprint density at radius 1 is 1.38 bits per heavy atom. The molecule has 16 heavy (non-hydrogen) atoms. The fraction of sp³-hybridized carbons (Fsp3) is 0.556. The molecule has 0 rings (SSSR count). The van der Waals surface area contributed by atoms with Gasteiger partial charge in [0.25, 0.3) is 0 Å². The summed E-state index contributed by atoms with van der Waals surface area (Å²) in [6, 6.07) is 0. The molecule has 0 aromatic heterocycles. The molecule has 92 valence electrons. The van der Waals surface area contributed by atoms with Gasteiger partial charge < -0.3 is 14.6 Å². The number of alkyl halides is 2. The second-order valence-electron chi connectivity index (χ2n) is 2.78. The maximum atomic E-state index is 11.2. The van der Waals surface area contributed by atoms with Crippen molar-refractivity contribution >= 4 is 43.8 Å². The van der Waals surface area contributed by atoms with Crippen LogP contribution in [0.5, 0.6) is 0 Å². The minimum Gasteiger partial charge on any atom is -0.434 e. The topological polar surface area (TPSA) is 72.8 Å². The van der Waals surface area contributed by atoms with Crippen molar-refractivity contribution in [1.29, 1.82) is 0 Å². The molecule has 0 spiro atoms. The number of rotatable bonds is 5. The van der Waals surface area contributed by atoms with Crippen molar-refractivity contribution in [3.63, 3.8) is 0 Å². The quantitative estimate of drug-likeness (QED) is 0.351. The molecule has 0 aliphatic rings. The summed E-state index contributed by atoms with van der Waals surface area (Å²) in [4.78, 5) is 22.1. The van der Waals surface area contributed by atoms with Crippen LogP contribution in [0.2, 0.25) is 0 Å². The van der Waals surface area contributed by atoms with Gasteiger partial charge >= 0.3 is 11.9 Å². The first-order valence-electron chi connectivity index (χ1n) is 4.44. The summed E-state index contributed by atoms with van der Waals surface area (Å²) in [5, 5.41) is 8.70. The van der Waals surface area contributed by atoms with Crippen molar-refractivity contribution < 1.29 is 24.2 Å². The molecule has 0 heterocycles. The maximum absolute atomic E-state index is 11.2. The highest BCUT2D eigenvalue weighted by Crippen LogP contribution is 2.31. The zero-order chi connectivity index (χ0) is 12.8. The summed E-state index contributed by atoms with van der Waals surface area (Å²) < 4.78 is 8.30. The lowest BCUT2D eigenvalue weighted by molar-refractivity contribution is -0.158. The van der Waals surface area contributed by atoms with Crippen molar-refractivity contribution in [2.75, 3.05) is 0 Å². The van der Waals surface area contributed by atoms with E-state index in [2.05, 4.69) is 36.6 Å². The number of carbonyl (C=O) groups excluding carboxylic acids is 2. The average molecular weight is 360 g/mol. The lowest BCUT2D eigenvalue weighted by Gasteiger charge is -2.17. The standard InChI is InChI=1S/C9H12Br2O5/c1-3-9(10,11)16-8(14)5-4-7(13)15-6(2)12/h4-6,12H,3H2,1-2H3/b5-4+. The predicted molar refractivity (Wildman–Crippen MR) is 63.9 cm³/mol. The first-order chi connectivity index (χ1) is 7.26. The molecule has 0 aromatic rings. The molecule has 0 aliphatic heterocycles. The van der Waals surface area contributed by atoms with Gasteiger partial charge in [-0.1, -0.05) is 6.92 Å². The molecule has 0 saturated carbocycles. The molecule has 0 amide bonds. The number of ether oxygens (including phenoxy) is 2. The largest absolute Gasteiger partial charge is 0.434 e. The van der Waals surface area contributed by atoms with Gasteiger partial charge in [-0.25, -0.2) is 9.59 Å². The Morgan fingerprint density at radius 2 is 1.88 bits per heavy atom. The average Bonchev–Trinajstić information content (AvgIpc) is 2.13. The fourth-order valence-electron chi connectivity index (χ4n) is 0.597. The molecule has 5 nitrogen and oxygen atoms in total. The van der Waals surface area contributed by atoms with Crippen LogP contribution in [0.4, 0.5) is 0 Å². The highest BCUT2D eigenvalue weighted by molar-refractivity contribution is 9.25. The van der Waals surface area contributed by atoms with Gasteiger partial charge in [-0.3, -0.25) is 0 Å². The fourth-order valence-corrected chi connectivity index (χ4v) is 0.916. The predicted octanol–water partition coefficient (Wildman–Crippen LogP) is 1.82. The summed E-state index contributed by atoms with van der Waals surface area (Å²) >= 11 is 6.22. The van der Waals surface area contributed by atoms with Crippen LogP contribution in [0.3, 0.4) is 0 Å². The summed E-state index contributed by atoms with van der Waals surface area (Å²) in [7, 11) is 0. The minimum atomic E-state index is -1.21. The van der Waals surface area contributed by atoms with E-state index in [0.29, 0.717) is 6.42 Å². The Morgan fingerprint density at radius 3 is 2.31 bits per heavy atom. The zero-order valence-corrected chi connectivity index (χ0v) is 11.9. The van der Waals surface area contributed by atoms with E-state index in [0.717, 1.165) is 12.2 Å². The Bertz CT molecular complexity index is 286. The number of hydrogen-bond donors (Lipinski definition) is 1. The molecular formula is C9H12Br2O5. The molecule has 0 aromatic carbocycles. The number of carbonyl (C=O) groups is 2. The van der Waals surface area contributed by atoms with E-state index in [-0.39, 0.29) is 0 Å². The first-order valence-corrected chi connectivity index (χ1v) is 6.03. The lowest BCUT2D eigenvalue weighted by atomic mass is 10.5. The van der Waals surface area contributed by atoms with E-state index in [1.54, 1.807) is 6.92 Å². The van der Waals surface area contributed by atoms with Gasteiger partial charge in [0, 0.05) is 18.6 Å². The molecular weight excluding hydrogens is 348 g/mol. The number of aliphatic hydroxyl groups excluding tert-OH is 1. The summed E-state index contributed by atoms with van der Waals surface area (Å²) in [6.07, 6.45) is 1.08. The Balaban J connectivity index is 4.15. The summed E-state index contributed by atoms with van der Waals surface area (Å²) in [6.45, 7) is 3.07. The van der Waals surface area contributed by atoms with Gasteiger partial charge in [-0.05, 0) is 38.8 Å². The van der Waals surface area contributed by atoms with Crippen LogP contribution in [-0.4, -0.2) is 26.8 Å². The minimum absolute atomic E-state index is 0.505. The van der Waals surface area contributed by atoms with Crippen LogP contribution >= 0.6 is 31.9 Å². The molecule has 1 unspecified atom stereocenters. The van der Waals surface area contributed by atoms with Crippen LogP contribution in [0, 0.1) is 0 Å². The second-order valence-corrected chi connectivity index (χ2v) is 6.41. The van der Waals surface area contributed by atoms with Crippen molar-refractivity contribution in [2.45, 2.75) is 30.0 Å². The van der Waals surface area contributed by atoms with Gasteiger partial charge in [-0.15, -0.1) is 0 Å². The highest BCUT2D eigenvalue weighted by Gasteiger charge is 2.23. The van der Waals surface area contributed by atoms with Gasteiger partial charge in [0.1, 0.15) is 0 Å². The van der Waals surface area contributed by atoms with E-state index in [1.807, 2.05) is 0 Å². The van der Waals surface area contributed by atoms with Crippen molar-refractivity contribution in [2.24, 2.45) is 0 Å². The van der Waals surface area contributed by atoms with E-state index in [9.17, 15) is 9.59 Å². The Labute approximate surface area is 110 Å². The SMILES string of the molecule is CCC(Br)(Br)OC(=O)/C=C/C(=O)OC(C)O. The third-order valence-electron chi connectivity index (χ3n) is 1.30. The van der Waals surface area contributed by atoms with Crippen LogP contribution < -0.4 is 0 Å². The van der Waals surface area contributed by atoms with Gasteiger partial charge in [-0.2, -0.15) is 0 Å². The molecule has 0 saturated heterocycles. The Kier molecular flexibility index (Phi) is 6.85. The molecule has 1 atom stereocenters. The van der Waals surface area contributed by atoms with Gasteiger partial charge in [0.15, 0.2) is 6.29 Å².